The van der Waals surface area contributed by atoms with Crippen molar-refractivity contribution in [2.45, 2.75) is 6.54 Å². The highest BCUT2D eigenvalue weighted by Gasteiger charge is 2.19. The lowest BCUT2D eigenvalue weighted by Gasteiger charge is -2.14. The maximum Gasteiger partial charge on any atom is 0.243 e. The van der Waals surface area contributed by atoms with Gasteiger partial charge in [-0.25, -0.2) is 4.98 Å². The molecule has 2 heterocycles. The Morgan fingerprint density at radius 3 is 2.07 bits per heavy atom. The first-order valence-electron chi connectivity index (χ1n) is 9.08. The first-order valence-corrected chi connectivity index (χ1v) is 9.08. The standard InChI is InChI=1S/C22H20N4O3/c1-27-18-11-5-3-9-16(18)20-21(17-10-4-6-12-19(17)28-2)25-26-22(24-20)23-14-15-8-7-13-29-15/h3-13H,14H2,1-2H3,(H,23,24,26). The van der Waals surface area contributed by atoms with Crippen molar-refractivity contribution >= 4 is 5.95 Å². The van der Waals surface area contributed by atoms with E-state index in [1.165, 1.54) is 0 Å². The third-order valence-corrected chi connectivity index (χ3v) is 4.41. The van der Waals surface area contributed by atoms with Crippen LogP contribution in [0.25, 0.3) is 22.5 Å². The Labute approximate surface area is 168 Å². The van der Waals surface area contributed by atoms with Crippen LogP contribution in [0.1, 0.15) is 5.76 Å². The maximum absolute atomic E-state index is 5.55. The Balaban J connectivity index is 1.82. The molecule has 4 rings (SSSR count). The van der Waals surface area contributed by atoms with Crippen LogP contribution in [-0.2, 0) is 6.54 Å². The highest BCUT2D eigenvalue weighted by molar-refractivity contribution is 5.83. The predicted molar refractivity (Wildman–Crippen MR) is 110 cm³/mol. The SMILES string of the molecule is COc1ccccc1-c1nnc(NCc2ccco2)nc1-c1ccccc1OC. The summed E-state index contributed by atoms with van der Waals surface area (Å²) < 4.78 is 16.4. The Morgan fingerprint density at radius 2 is 1.45 bits per heavy atom. The van der Waals surface area contributed by atoms with Crippen molar-refractivity contribution in [1.29, 1.82) is 0 Å². The fraction of sp³-hybridized carbons (Fsp3) is 0.136. The molecule has 0 atom stereocenters. The van der Waals surface area contributed by atoms with Crippen LogP contribution in [0.5, 0.6) is 11.5 Å². The smallest absolute Gasteiger partial charge is 0.243 e. The summed E-state index contributed by atoms with van der Waals surface area (Å²) in [5.41, 5.74) is 2.86. The van der Waals surface area contributed by atoms with E-state index in [0.29, 0.717) is 35.4 Å². The molecule has 4 aromatic rings. The summed E-state index contributed by atoms with van der Waals surface area (Å²) in [5.74, 6) is 2.55. The number of rotatable bonds is 7. The third kappa shape index (κ3) is 3.89. The van der Waals surface area contributed by atoms with Crippen LogP contribution >= 0.6 is 0 Å². The topological polar surface area (TPSA) is 82.3 Å². The van der Waals surface area contributed by atoms with Crippen molar-refractivity contribution < 1.29 is 13.9 Å². The number of hydrogen-bond acceptors (Lipinski definition) is 7. The van der Waals surface area contributed by atoms with Crippen LogP contribution in [0.2, 0.25) is 0 Å². The normalized spacial score (nSPS) is 10.6. The van der Waals surface area contributed by atoms with Gasteiger partial charge in [-0.3, -0.25) is 0 Å². The van der Waals surface area contributed by atoms with Gasteiger partial charge < -0.3 is 19.2 Å². The molecule has 0 unspecified atom stereocenters. The largest absolute Gasteiger partial charge is 0.496 e. The van der Waals surface area contributed by atoms with E-state index in [4.69, 9.17) is 18.9 Å². The van der Waals surface area contributed by atoms with Crippen LogP contribution in [0.15, 0.2) is 71.3 Å². The molecule has 0 spiro atoms. The van der Waals surface area contributed by atoms with Gasteiger partial charge in [-0.2, -0.15) is 0 Å². The summed E-state index contributed by atoms with van der Waals surface area (Å²) in [5, 5.41) is 11.9. The lowest BCUT2D eigenvalue weighted by atomic mass is 10.0. The number of benzene rings is 2. The van der Waals surface area contributed by atoms with Gasteiger partial charge in [0, 0.05) is 11.1 Å². The number of methoxy groups -OCH3 is 2. The van der Waals surface area contributed by atoms with Crippen LogP contribution in [0, 0.1) is 0 Å². The Bertz CT molecular complexity index is 1100. The van der Waals surface area contributed by atoms with Crippen LogP contribution in [-0.4, -0.2) is 29.4 Å². The molecular weight excluding hydrogens is 368 g/mol. The summed E-state index contributed by atoms with van der Waals surface area (Å²) in [6, 6.07) is 19.0. The second kappa shape index (κ2) is 8.43. The minimum atomic E-state index is 0.390. The number of nitrogens with zero attached hydrogens (tertiary/aromatic N) is 3. The molecule has 1 N–H and O–H groups in total. The van der Waals surface area contributed by atoms with Crippen molar-refractivity contribution in [3.63, 3.8) is 0 Å². The van der Waals surface area contributed by atoms with Gasteiger partial charge in [0.25, 0.3) is 0 Å². The molecule has 0 amide bonds. The molecule has 146 valence electrons. The van der Waals surface area contributed by atoms with Gasteiger partial charge in [0.1, 0.15) is 28.6 Å². The van der Waals surface area contributed by atoms with Gasteiger partial charge in [0.15, 0.2) is 0 Å². The van der Waals surface area contributed by atoms with Gasteiger partial charge in [-0.05, 0) is 36.4 Å². The van der Waals surface area contributed by atoms with Gasteiger partial charge >= 0.3 is 0 Å². The number of nitrogens with one attached hydrogen (secondary N) is 1. The molecule has 0 radical (unpaired) electrons. The molecule has 0 fully saturated rings. The Kier molecular flexibility index (Phi) is 5.38. The molecule has 0 aliphatic carbocycles. The fourth-order valence-electron chi connectivity index (χ4n) is 3.03. The minimum Gasteiger partial charge on any atom is -0.496 e. The zero-order valence-corrected chi connectivity index (χ0v) is 16.1. The summed E-state index contributed by atoms with van der Waals surface area (Å²) in [7, 11) is 3.26. The predicted octanol–water partition coefficient (Wildman–Crippen LogP) is 4.43. The van der Waals surface area contributed by atoms with E-state index in [9.17, 15) is 0 Å². The van der Waals surface area contributed by atoms with Crippen molar-refractivity contribution in [1.82, 2.24) is 15.2 Å². The molecule has 0 bridgehead atoms. The van der Waals surface area contributed by atoms with E-state index >= 15 is 0 Å². The number of anilines is 1. The fourth-order valence-corrected chi connectivity index (χ4v) is 3.03. The van der Waals surface area contributed by atoms with Gasteiger partial charge in [0.05, 0.1) is 27.0 Å². The zero-order valence-electron chi connectivity index (χ0n) is 16.1. The molecule has 0 aliphatic heterocycles. The number of para-hydroxylation sites is 2. The van der Waals surface area contributed by atoms with E-state index in [0.717, 1.165) is 16.9 Å². The lowest BCUT2D eigenvalue weighted by molar-refractivity contribution is 0.415. The highest BCUT2D eigenvalue weighted by atomic mass is 16.5. The monoisotopic (exact) mass is 388 g/mol. The van der Waals surface area contributed by atoms with E-state index in [1.807, 2.05) is 60.7 Å². The van der Waals surface area contributed by atoms with Crippen LogP contribution in [0.3, 0.4) is 0 Å². The molecule has 7 nitrogen and oxygen atoms in total. The molecule has 2 aromatic carbocycles. The molecule has 0 saturated heterocycles. The van der Waals surface area contributed by atoms with E-state index < -0.39 is 0 Å². The molecule has 0 saturated carbocycles. The van der Waals surface area contributed by atoms with Crippen molar-refractivity contribution in [3.8, 4) is 34.0 Å². The Morgan fingerprint density at radius 1 is 0.793 bits per heavy atom. The summed E-state index contributed by atoms with van der Waals surface area (Å²) >= 11 is 0. The van der Waals surface area contributed by atoms with Crippen molar-refractivity contribution in [2.75, 3.05) is 19.5 Å². The zero-order chi connectivity index (χ0) is 20.1. The summed E-state index contributed by atoms with van der Waals surface area (Å²) in [6.07, 6.45) is 1.63. The summed E-state index contributed by atoms with van der Waals surface area (Å²) in [6.45, 7) is 0.452. The first-order chi connectivity index (χ1) is 14.3. The van der Waals surface area contributed by atoms with Crippen molar-refractivity contribution in [2.24, 2.45) is 0 Å². The van der Waals surface area contributed by atoms with Crippen molar-refractivity contribution in [3.05, 3.63) is 72.7 Å². The van der Waals surface area contributed by atoms with Gasteiger partial charge in [0.2, 0.25) is 5.95 Å². The lowest BCUT2D eigenvalue weighted by Crippen LogP contribution is -2.07. The van der Waals surface area contributed by atoms with E-state index in [2.05, 4.69) is 15.5 Å². The highest BCUT2D eigenvalue weighted by Crippen LogP contribution is 2.38. The average molecular weight is 388 g/mol. The quantitative estimate of drug-likeness (QED) is 0.501. The van der Waals surface area contributed by atoms with Gasteiger partial charge in [-0.15, -0.1) is 10.2 Å². The maximum atomic E-state index is 5.55. The summed E-state index contributed by atoms with van der Waals surface area (Å²) in [4.78, 5) is 4.74. The number of furan rings is 1. The molecule has 7 heteroatoms. The van der Waals surface area contributed by atoms with Crippen LogP contribution < -0.4 is 14.8 Å². The number of aromatic nitrogens is 3. The van der Waals surface area contributed by atoms with Gasteiger partial charge in [-0.1, -0.05) is 24.3 Å². The Hall–Kier alpha value is -3.87. The van der Waals surface area contributed by atoms with Crippen LogP contribution in [0.4, 0.5) is 5.95 Å². The molecule has 0 aliphatic rings. The second-order valence-corrected chi connectivity index (χ2v) is 6.17. The molecular formula is C22H20N4O3. The first kappa shape index (κ1) is 18.5. The average Bonchev–Trinajstić information content (AvgIpc) is 3.31. The third-order valence-electron chi connectivity index (χ3n) is 4.41. The molecule has 29 heavy (non-hydrogen) atoms. The minimum absolute atomic E-state index is 0.390. The van der Waals surface area contributed by atoms with E-state index in [1.54, 1.807) is 20.5 Å². The number of ether oxygens (including phenoxy) is 2. The van der Waals surface area contributed by atoms with E-state index in [-0.39, 0.29) is 0 Å². The second-order valence-electron chi connectivity index (χ2n) is 6.17. The number of hydrogen-bond donors (Lipinski definition) is 1. The molecule has 2 aromatic heterocycles.